The first-order valence-electron chi connectivity index (χ1n) is 5.42. The van der Waals surface area contributed by atoms with E-state index in [0.29, 0.717) is 16.3 Å². The summed E-state index contributed by atoms with van der Waals surface area (Å²) < 4.78 is 5.20. The van der Waals surface area contributed by atoms with Crippen LogP contribution >= 0.6 is 23.4 Å². The number of methoxy groups -OCH3 is 1. The minimum absolute atomic E-state index is 0.552. The van der Waals surface area contributed by atoms with Crippen molar-refractivity contribution in [3.63, 3.8) is 0 Å². The van der Waals surface area contributed by atoms with Crippen LogP contribution in [-0.2, 0) is 0 Å². The molecular weight excluding hydrogens is 242 g/mol. The van der Waals surface area contributed by atoms with Crippen LogP contribution in [0.4, 0.5) is 5.69 Å². The number of hydrogen-bond acceptors (Lipinski definition) is 3. The third kappa shape index (κ3) is 2.58. The van der Waals surface area contributed by atoms with Crippen molar-refractivity contribution in [1.82, 2.24) is 0 Å². The molecule has 1 aromatic rings. The molecule has 88 valence electrons. The molecule has 1 aliphatic heterocycles. The molecule has 2 rings (SSSR count). The fourth-order valence-corrected chi connectivity index (χ4v) is 3.28. The van der Waals surface area contributed by atoms with Crippen LogP contribution in [0.15, 0.2) is 18.2 Å². The SMILES string of the molecule is COc1cc(NC2CCSC2C)ccc1Cl. The molecule has 1 aliphatic rings. The largest absolute Gasteiger partial charge is 0.495 e. The van der Waals surface area contributed by atoms with Crippen molar-refractivity contribution < 1.29 is 4.74 Å². The average molecular weight is 258 g/mol. The van der Waals surface area contributed by atoms with Gasteiger partial charge < -0.3 is 10.1 Å². The van der Waals surface area contributed by atoms with Crippen LogP contribution in [0.5, 0.6) is 5.75 Å². The summed E-state index contributed by atoms with van der Waals surface area (Å²) in [5, 5.41) is 4.86. The van der Waals surface area contributed by atoms with E-state index in [1.807, 2.05) is 30.0 Å². The van der Waals surface area contributed by atoms with Crippen molar-refractivity contribution >= 4 is 29.1 Å². The summed E-state index contributed by atoms with van der Waals surface area (Å²) in [6, 6.07) is 6.38. The maximum Gasteiger partial charge on any atom is 0.139 e. The molecule has 1 saturated heterocycles. The lowest BCUT2D eigenvalue weighted by atomic mass is 10.1. The molecule has 0 aromatic heterocycles. The van der Waals surface area contributed by atoms with E-state index in [-0.39, 0.29) is 0 Å². The summed E-state index contributed by atoms with van der Waals surface area (Å²) in [7, 11) is 1.64. The van der Waals surface area contributed by atoms with E-state index in [1.165, 1.54) is 12.2 Å². The highest BCUT2D eigenvalue weighted by Crippen LogP contribution is 2.32. The number of benzene rings is 1. The first-order valence-corrected chi connectivity index (χ1v) is 6.85. The fraction of sp³-hybridized carbons (Fsp3) is 0.500. The first-order chi connectivity index (χ1) is 7.70. The lowest BCUT2D eigenvalue weighted by Gasteiger charge is -2.18. The lowest BCUT2D eigenvalue weighted by molar-refractivity contribution is 0.415. The van der Waals surface area contributed by atoms with Crippen LogP contribution in [0.2, 0.25) is 5.02 Å². The Bertz CT molecular complexity index is 372. The highest BCUT2D eigenvalue weighted by Gasteiger charge is 2.23. The Hall–Kier alpha value is -0.540. The van der Waals surface area contributed by atoms with Gasteiger partial charge in [0.05, 0.1) is 12.1 Å². The third-order valence-corrected chi connectivity index (χ3v) is 4.52. The predicted molar refractivity (Wildman–Crippen MR) is 72.0 cm³/mol. The zero-order valence-electron chi connectivity index (χ0n) is 9.50. The molecule has 0 saturated carbocycles. The second-order valence-corrected chi connectivity index (χ2v) is 5.86. The smallest absolute Gasteiger partial charge is 0.139 e. The molecule has 2 nitrogen and oxygen atoms in total. The van der Waals surface area contributed by atoms with Gasteiger partial charge in [0.1, 0.15) is 5.75 Å². The quantitative estimate of drug-likeness (QED) is 0.893. The van der Waals surface area contributed by atoms with Crippen molar-refractivity contribution in [2.75, 3.05) is 18.2 Å². The van der Waals surface area contributed by atoms with E-state index in [9.17, 15) is 0 Å². The van der Waals surface area contributed by atoms with E-state index < -0.39 is 0 Å². The van der Waals surface area contributed by atoms with Gasteiger partial charge >= 0.3 is 0 Å². The summed E-state index contributed by atoms with van der Waals surface area (Å²) >= 11 is 8.00. The molecule has 1 heterocycles. The average Bonchev–Trinajstić information content (AvgIpc) is 2.67. The van der Waals surface area contributed by atoms with Crippen molar-refractivity contribution in [2.45, 2.75) is 24.6 Å². The van der Waals surface area contributed by atoms with Crippen LogP contribution in [0.3, 0.4) is 0 Å². The Labute approximate surface area is 106 Å². The van der Waals surface area contributed by atoms with Crippen LogP contribution in [0, 0.1) is 0 Å². The minimum atomic E-state index is 0.552. The summed E-state index contributed by atoms with van der Waals surface area (Å²) in [6.07, 6.45) is 1.22. The Kier molecular flexibility index (Phi) is 3.87. The molecule has 2 unspecified atom stereocenters. The molecule has 1 N–H and O–H groups in total. The van der Waals surface area contributed by atoms with E-state index >= 15 is 0 Å². The van der Waals surface area contributed by atoms with Crippen molar-refractivity contribution in [1.29, 1.82) is 0 Å². The fourth-order valence-electron chi connectivity index (χ4n) is 1.88. The normalized spacial score (nSPS) is 24.4. The van der Waals surface area contributed by atoms with Gasteiger partial charge in [-0.3, -0.25) is 0 Å². The molecule has 0 bridgehead atoms. The molecule has 1 aromatic carbocycles. The minimum Gasteiger partial charge on any atom is -0.495 e. The van der Waals surface area contributed by atoms with Crippen LogP contribution in [0.1, 0.15) is 13.3 Å². The van der Waals surface area contributed by atoms with Gasteiger partial charge in [0.2, 0.25) is 0 Å². The Balaban J connectivity index is 2.09. The van der Waals surface area contributed by atoms with Gasteiger partial charge in [-0.25, -0.2) is 0 Å². The van der Waals surface area contributed by atoms with Crippen LogP contribution < -0.4 is 10.1 Å². The molecule has 0 spiro atoms. The molecule has 0 radical (unpaired) electrons. The summed E-state index contributed by atoms with van der Waals surface area (Å²) in [4.78, 5) is 0. The topological polar surface area (TPSA) is 21.3 Å². The highest BCUT2D eigenvalue weighted by molar-refractivity contribution is 8.00. The summed E-state index contributed by atoms with van der Waals surface area (Å²) in [5.41, 5.74) is 1.08. The molecule has 16 heavy (non-hydrogen) atoms. The standard InChI is InChI=1S/C12H16ClNOS/c1-8-11(5-6-16-8)14-9-3-4-10(13)12(7-9)15-2/h3-4,7-8,11,14H,5-6H2,1-2H3. The number of anilines is 1. The summed E-state index contributed by atoms with van der Waals surface area (Å²) in [6.45, 7) is 2.27. The van der Waals surface area contributed by atoms with Gasteiger partial charge in [0.15, 0.2) is 0 Å². The highest BCUT2D eigenvalue weighted by atomic mass is 35.5. The molecule has 4 heteroatoms. The Morgan fingerprint density at radius 2 is 2.31 bits per heavy atom. The van der Waals surface area contributed by atoms with Crippen LogP contribution in [-0.4, -0.2) is 24.2 Å². The predicted octanol–water partition coefficient (Wildman–Crippen LogP) is 3.65. The second-order valence-electron chi connectivity index (χ2n) is 3.96. The number of ether oxygens (including phenoxy) is 1. The third-order valence-electron chi connectivity index (χ3n) is 2.88. The van der Waals surface area contributed by atoms with E-state index in [1.54, 1.807) is 7.11 Å². The van der Waals surface area contributed by atoms with E-state index in [0.717, 1.165) is 11.4 Å². The first kappa shape index (κ1) is 11.9. The van der Waals surface area contributed by atoms with Gasteiger partial charge in [-0.15, -0.1) is 0 Å². The van der Waals surface area contributed by atoms with Crippen molar-refractivity contribution in [2.24, 2.45) is 0 Å². The molecular formula is C12H16ClNOS. The van der Waals surface area contributed by atoms with Gasteiger partial charge in [0, 0.05) is 23.0 Å². The van der Waals surface area contributed by atoms with E-state index in [4.69, 9.17) is 16.3 Å². The number of nitrogens with one attached hydrogen (secondary N) is 1. The second kappa shape index (κ2) is 5.19. The molecule has 2 atom stereocenters. The number of halogens is 1. The molecule has 0 aliphatic carbocycles. The van der Waals surface area contributed by atoms with Crippen LogP contribution in [0.25, 0.3) is 0 Å². The van der Waals surface area contributed by atoms with Crippen molar-refractivity contribution in [3.8, 4) is 5.75 Å². The van der Waals surface area contributed by atoms with Gasteiger partial charge in [-0.2, -0.15) is 11.8 Å². The monoisotopic (exact) mass is 257 g/mol. The van der Waals surface area contributed by atoms with Crippen molar-refractivity contribution in [3.05, 3.63) is 23.2 Å². The Morgan fingerprint density at radius 3 is 2.94 bits per heavy atom. The summed E-state index contributed by atoms with van der Waals surface area (Å²) in [5.74, 6) is 1.97. The van der Waals surface area contributed by atoms with Gasteiger partial charge in [-0.1, -0.05) is 18.5 Å². The molecule has 1 fully saturated rings. The number of hydrogen-bond donors (Lipinski definition) is 1. The number of rotatable bonds is 3. The Morgan fingerprint density at radius 1 is 1.50 bits per heavy atom. The lowest BCUT2D eigenvalue weighted by Crippen LogP contribution is -2.24. The number of thioether (sulfide) groups is 1. The maximum atomic E-state index is 5.98. The molecule has 0 amide bonds. The van der Waals surface area contributed by atoms with Gasteiger partial charge in [-0.05, 0) is 24.3 Å². The van der Waals surface area contributed by atoms with Gasteiger partial charge in [0.25, 0.3) is 0 Å². The maximum absolute atomic E-state index is 5.98. The zero-order valence-corrected chi connectivity index (χ0v) is 11.1. The van der Waals surface area contributed by atoms with E-state index in [2.05, 4.69) is 12.2 Å². The zero-order chi connectivity index (χ0) is 11.5.